The molecule has 0 spiro atoms. The molecule has 2 heterocycles. The summed E-state index contributed by atoms with van der Waals surface area (Å²) < 4.78 is 13.6. The molecule has 0 saturated heterocycles. The van der Waals surface area contributed by atoms with Gasteiger partial charge in [-0.25, -0.2) is 0 Å². The van der Waals surface area contributed by atoms with Gasteiger partial charge in [0.25, 0.3) is 0 Å². The molecule has 4 rings (SSSR count). The highest BCUT2D eigenvalue weighted by Crippen LogP contribution is 2.44. The third kappa shape index (κ3) is 2.66. The molecule has 9 heteroatoms. The van der Waals surface area contributed by atoms with Gasteiger partial charge in [-0.15, -0.1) is 0 Å². The number of allylic oxidation sites excluding steroid dienone is 2. The third-order valence-corrected chi connectivity index (χ3v) is 5.17. The number of hydrogen-bond donors (Lipinski definition) is 1. The van der Waals surface area contributed by atoms with Gasteiger partial charge in [0.05, 0.1) is 18.2 Å². The second-order valence-electron chi connectivity index (χ2n) is 6.11. The number of fused-ring (bicyclic) bond motifs is 1. The average Bonchev–Trinajstić information content (AvgIpc) is 3.10. The molecule has 2 aliphatic rings. The Bertz CT molecular complexity index is 908. The molecule has 0 saturated carbocycles. The van der Waals surface area contributed by atoms with Gasteiger partial charge in [-0.2, -0.15) is 4.68 Å². The minimum Gasteiger partial charge on any atom is -0.493 e. The summed E-state index contributed by atoms with van der Waals surface area (Å²) in [4.78, 5) is 12.7. The summed E-state index contributed by atoms with van der Waals surface area (Å²) in [6, 6.07) is 3.41. The normalized spacial score (nSPS) is 18.9. The van der Waals surface area contributed by atoms with Crippen LogP contribution in [0, 0.1) is 0 Å². The highest BCUT2D eigenvalue weighted by molar-refractivity contribution is 9.10. The highest BCUT2D eigenvalue weighted by Gasteiger charge is 2.37. The highest BCUT2D eigenvalue weighted by atomic mass is 79.9. The van der Waals surface area contributed by atoms with Gasteiger partial charge in [0.2, 0.25) is 5.95 Å². The molecule has 1 aromatic carbocycles. The Morgan fingerprint density at radius 1 is 1.38 bits per heavy atom. The fraction of sp³-hybridized carbons (Fsp3) is 0.412. The molecular formula is C17H18BrN5O3. The van der Waals surface area contributed by atoms with E-state index in [-0.39, 0.29) is 5.78 Å². The number of tetrazole rings is 1. The SMILES string of the molecule is CCOc1c(Br)cc([C@@H]2C3=C(CCCC3=O)Nc3nnnn32)cc1OC. The second-order valence-corrected chi connectivity index (χ2v) is 6.97. The molecule has 1 N–H and O–H groups in total. The minimum absolute atomic E-state index is 0.119. The number of halogens is 1. The molecule has 8 nitrogen and oxygen atoms in total. The van der Waals surface area contributed by atoms with E-state index in [9.17, 15) is 4.79 Å². The van der Waals surface area contributed by atoms with Gasteiger partial charge in [-0.1, -0.05) is 5.10 Å². The summed E-state index contributed by atoms with van der Waals surface area (Å²) in [6.45, 7) is 2.43. The molecular weight excluding hydrogens is 402 g/mol. The van der Waals surface area contributed by atoms with Crippen molar-refractivity contribution in [3.05, 3.63) is 33.4 Å². The molecule has 136 valence electrons. The molecule has 0 fully saturated rings. The lowest BCUT2D eigenvalue weighted by Gasteiger charge is -2.31. The first-order chi connectivity index (χ1) is 12.6. The summed E-state index contributed by atoms with van der Waals surface area (Å²) in [6.07, 6.45) is 2.17. The van der Waals surface area contributed by atoms with Gasteiger partial charge >= 0.3 is 0 Å². The summed E-state index contributed by atoms with van der Waals surface area (Å²) >= 11 is 3.56. The van der Waals surface area contributed by atoms with Crippen molar-refractivity contribution in [2.45, 2.75) is 32.2 Å². The van der Waals surface area contributed by atoms with Gasteiger partial charge in [0.1, 0.15) is 6.04 Å². The predicted octanol–water partition coefficient (Wildman–Crippen LogP) is 2.86. The standard InChI is InChI=1S/C17H18BrN5O3/c1-3-26-16-10(18)7-9(8-13(16)25-2)15-14-11(5-4-6-12(14)24)19-17-20-21-22-23(15)17/h7-8,15H,3-6H2,1-2H3,(H,19,20,22)/t15-/m1/s1. The van der Waals surface area contributed by atoms with E-state index in [0.29, 0.717) is 36.0 Å². The lowest BCUT2D eigenvalue weighted by atomic mass is 9.85. The van der Waals surface area contributed by atoms with E-state index in [1.807, 2.05) is 19.1 Å². The number of nitrogens with zero attached hydrogens (tertiary/aromatic N) is 4. The van der Waals surface area contributed by atoms with Crippen molar-refractivity contribution in [1.29, 1.82) is 0 Å². The van der Waals surface area contributed by atoms with Gasteiger partial charge in [0, 0.05) is 17.7 Å². The van der Waals surface area contributed by atoms with Crippen LogP contribution in [0.5, 0.6) is 11.5 Å². The molecule has 1 aliphatic carbocycles. The van der Waals surface area contributed by atoms with E-state index in [1.54, 1.807) is 11.8 Å². The zero-order valence-electron chi connectivity index (χ0n) is 14.5. The van der Waals surface area contributed by atoms with E-state index >= 15 is 0 Å². The number of nitrogens with one attached hydrogen (secondary N) is 1. The summed E-state index contributed by atoms with van der Waals surface area (Å²) in [5, 5.41) is 15.1. The van der Waals surface area contributed by atoms with Crippen LogP contribution in [0.3, 0.4) is 0 Å². The Kier molecular flexibility index (Phi) is 4.39. The van der Waals surface area contributed by atoms with E-state index in [2.05, 4.69) is 36.8 Å². The van der Waals surface area contributed by atoms with Crippen LogP contribution in [-0.2, 0) is 4.79 Å². The molecule has 0 radical (unpaired) electrons. The number of aromatic nitrogens is 4. The number of anilines is 1. The minimum atomic E-state index is -0.398. The number of rotatable bonds is 4. The van der Waals surface area contributed by atoms with Crippen molar-refractivity contribution in [1.82, 2.24) is 20.2 Å². The summed E-state index contributed by atoms with van der Waals surface area (Å²) in [5.41, 5.74) is 2.47. The van der Waals surface area contributed by atoms with Crippen LogP contribution in [0.1, 0.15) is 37.8 Å². The van der Waals surface area contributed by atoms with Gasteiger partial charge < -0.3 is 14.8 Å². The number of hydrogen-bond acceptors (Lipinski definition) is 7. The number of Topliss-reactive ketones (excluding diaryl/α,β-unsaturated/α-hetero) is 1. The van der Waals surface area contributed by atoms with Crippen LogP contribution >= 0.6 is 15.9 Å². The number of ketones is 1. The molecule has 0 amide bonds. The van der Waals surface area contributed by atoms with E-state index in [4.69, 9.17) is 9.47 Å². The van der Waals surface area contributed by atoms with E-state index in [1.165, 1.54) is 0 Å². The number of benzene rings is 1. The summed E-state index contributed by atoms with van der Waals surface area (Å²) in [7, 11) is 1.59. The average molecular weight is 420 g/mol. The van der Waals surface area contributed by atoms with Gasteiger partial charge in [0.15, 0.2) is 17.3 Å². The molecule has 26 heavy (non-hydrogen) atoms. The number of methoxy groups -OCH3 is 1. The first kappa shape index (κ1) is 17.0. The third-order valence-electron chi connectivity index (χ3n) is 4.59. The molecule has 2 aromatic rings. The zero-order chi connectivity index (χ0) is 18.3. The van der Waals surface area contributed by atoms with Crippen LogP contribution < -0.4 is 14.8 Å². The second kappa shape index (κ2) is 6.71. The maximum absolute atomic E-state index is 12.7. The lowest BCUT2D eigenvalue weighted by molar-refractivity contribution is -0.116. The largest absolute Gasteiger partial charge is 0.493 e. The van der Waals surface area contributed by atoms with Crippen molar-refractivity contribution < 1.29 is 14.3 Å². The lowest BCUT2D eigenvalue weighted by Crippen LogP contribution is -2.31. The van der Waals surface area contributed by atoms with Crippen LogP contribution in [-0.4, -0.2) is 39.7 Å². The fourth-order valence-corrected chi connectivity index (χ4v) is 4.08. The monoisotopic (exact) mass is 419 g/mol. The van der Waals surface area contributed by atoms with Crippen molar-refractivity contribution >= 4 is 27.7 Å². The van der Waals surface area contributed by atoms with Crippen molar-refractivity contribution in [2.75, 3.05) is 19.0 Å². The van der Waals surface area contributed by atoms with Crippen LogP contribution in [0.4, 0.5) is 5.95 Å². The molecule has 1 aromatic heterocycles. The number of carbonyl (C=O) groups excluding carboxylic acids is 1. The van der Waals surface area contributed by atoms with Crippen LogP contribution in [0.25, 0.3) is 0 Å². The van der Waals surface area contributed by atoms with Crippen LogP contribution in [0.15, 0.2) is 27.9 Å². The Morgan fingerprint density at radius 3 is 3.00 bits per heavy atom. The smallest absolute Gasteiger partial charge is 0.248 e. The maximum atomic E-state index is 12.7. The Morgan fingerprint density at radius 2 is 2.23 bits per heavy atom. The van der Waals surface area contributed by atoms with Crippen molar-refractivity contribution in [3.63, 3.8) is 0 Å². The first-order valence-corrected chi connectivity index (χ1v) is 9.24. The first-order valence-electron chi connectivity index (χ1n) is 8.45. The zero-order valence-corrected chi connectivity index (χ0v) is 16.0. The molecule has 1 atom stereocenters. The molecule has 0 unspecified atom stereocenters. The van der Waals surface area contributed by atoms with E-state index < -0.39 is 6.04 Å². The number of ether oxygens (including phenoxy) is 2. The fourth-order valence-electron chi connectivity index (χ4n) is 3.51. The molecule has 0 bridgehead atoms. The maximum Gasteiger partial charge on any atom is 0.248 e. The summed E-state index contributed by atoms with van der Waals surface area (Å²) in [5.74, 6) is 1.88. The van der Waals surface area contributed by atoms with E-state index in [0.717, 1.165) is 28.6 Å². The molecule has 1 aliphatic heterocycles. The Labute approximate surface area is 158 Å². The van der Waals surface area contributed by atoms with Crippen molar-refractivity contribution in [2.24, 2.45) is 0 Å². The predicted molar refractivity (Wildman–Crippen MR) is 97.3 cm³/mol. The van der Waals surface area contributed by atoms with Gasteiger partial charge in [-0.3, -0.25) is 4.79 Å². The van der Waals surface area contributed by atoms with Crippen molar-refractivity contribution in [3.8, 4) is 11.5 Å². The van der Waals surface area contributed by atoms with Crippen LogP contribution in [0.2, 0.25) is 0 Å². The number of carbonyl (C=O) groups is 1. The Balaban J connectivity index is 1.89. The Hall–Kier alpha value is -2.42. The quantitative estimate of drug-likeness (QED) is 0.814. The van der Waals surface area contributed by atoms with Gasteiger partial charge in [-0.05, 0) is 63.8 Å². The topological polar surface area (TPSA) is 91.2 Å².